The second-order valence-corrected chi connectivity index (χ2v) is 7.58. The maximum atomic E-state index is 4.99. The zero-order valence-electron chi connectivity index (χ0n) is 13.0. The largest absolute Gasteiger partial charge is 0.346 e. The van der Waals surface area contributed by atoms with Gasteiger partial charge >= 0.3 is 0 Å². The highest BCUT2D eigenvalue weighted by Crippen LogP contribution is 2.44. The van der Waals surface area contributed by atoms with Gasteiger partial charge in [0.15, 0.2) is 5.13 Å². The molecule has 1 aromatic rings. The van der Waals surface area contributed by atoms with E-state index in [1.54, 1.807) is 0 Å². The minimum Gasteiger partial charge on any atom is -0.346 e. The van der Waals surface area contributed by atoms with Crippen LogP contribution in [-0.2, 0) is 6.54 Å². The van der Waals surface area contributed by atoms with Crippen molar-refractivity contribution in [3.63, 3.8) is 0 Å². The minimum atomic E-state index is 0.649. The van der Waals surface area contributed by atoms with Crippen molar-refractivity contribution in [3.05, 3.63) is 10.6 Å². The van der Waals surface area contributed by atoms with Crippen molar-refractivity contribution in [2.75, 3.05) is 39.1 Å². The quantitative estimate of drug-likeness (QED) is 0.901. The van der Waals surface area contributed by atoms with E-state index in [9.17, 15) is 0 Å². The summed E-state index contributed by atoms with van der Waals surface area (Å²) in [5.41, 5.74) is 1.38. The molecule has 2 fully saturated rings. The Labute approximate surface area is 126 Å². The first kappa shape index (κ1) is 14.3. The predicted molar refractivity (Wildman–Crippen MR) is 85.7 cm³/mol. The highest BCUT2D eigenvalue weighted by atomic mass is 32.1. The molecular formula is C15H26N4S. The first-order valence-corrected chi connectivity index (χ1v) is 8.47. The van der Waals surface area contributed by atoms with Gasteiger partial charge < -0.3 is 15.1 Å². The van der Waals surface area contributed by atoms with E-state index in [1.807, 2.05) is 18.4 Å². The Bertz CT molecular complexity index is 466. The van der Waals surface area contributed by atoms with Crippen molar-refractivity contribution in [3.8, 4) is 0 Å². The monoisotopic (exact) mass is 294 g/mol. The van der Waals surface area contributed by atoms with Crippen LogP contribution in [0, 0.1) is 5.92 Å². The molecule has 2 atom stereocenters. The van der Waals surface area contributed by atoms with Crippen LogP contribution in [0.5, 0.6) is 0 Å². The summed E-state index contributed by atoms with van der Waals surface area (Å²) in [5.74, 6) is 1.46. The molecule has 20 heavy (non-hydrogen) atoms. The molecule has 0 radical (unpaired) electrons. The van der Waals surface area contributed by atoms with E-state index >= 15 is 0 Å². The maximum absolute atomic E-state index is 4.99. The van der Waals surface area contributed by atoms with E-state index in [2.05, 4.69) is 36.1 Å². The van der Waals surface area contributed by atoms with Crippen LogP contribution in [-0.4, -0.2) is 50.2 Å². The highest BCUT2D eigenvalue weighted by molar-refractivity contribution is 7.15. The van der Waals surface area contributed by atoms with Crippen LogP contribution in [0.4, 0.5) is 5.13 Å². The fraction of sp³-hybridized carbons (Fsp3) is 0.800. The minimum absolute atomic E-state index is 0.649. The molecule has 0 amide bonds. The molecule has 1 saturated carbocycles. The number of rotatable bonds is 5. The summed E-state index contributed by atoms with van der Waals surface area (Å²) in [6.45, 7) is 5.57. The van der Waals surface area contributed by atoms with Crippen molar-refractivity contribution in [1.29, 1.82) is 0 Å². The van der Waals surface area contributed by atoms with E-state index in [1.165, 1.54) is 28.5 Å². The first-order chi connectivity index (χ1) is 9.60. The number of anilines is 1. The van der Waals surface area contributed by atoms with Crippen molar-refractivity contribution in [1.82, 2.24) is 15.2 Å². The average molecular weight is 294 g/mol. The third kappa shape index (κ3) is 2.71. The van der Waals surface area contributed by atoms with Crippen molar-refractivity contribution < 1.29 is 0 Å². The molecule has 2 heterocycles. The van der Waals surface area contributed by atoms with Gasteiger partial charge in [-0.05, 0) is 39.9 Å². The molecule has 1 aliphatic heterocycles. The first-order valence-electron chi connectivity index (χ1n) is 7.65. The smallest absolute Gasteiger partial charge is 0.185 e. The van der Waals surface area contributed by atoms with Gasteiger partial charge in [0.2, 0.25) is 0 Å². The third-order valence-corrected chi connectivity index (χ3v) is 5.66. The summed E-state index contributed by atoms with van der Waals surface area (Å²) in [5, 5.41) is 4.53. The highest BCUT2D eigenvalue weighted by Gasteiger charge is 2.35. The van der Waals surface area contributed by atoms with Gasteiger partial charge in [0, 0.05) is 36.5 Å². The van der Waals surface area contributed by atoms with Crippen LogP contribution in [0.2, 0.25) is 0 Å². The molecule has 0 aromatic carbocycles. The second kappa shape index (κ2) is 5.62. The van der Waals surface area contributed by atoms with E-state index in [0.717, 1.165) is 25.6 Å². The van der Waals surface area contributed by atoms with E-state index < -0.39 is 0 Å². The molecular weight excluding hydrogens is 268 g/mol. The average Bonchev–Trinajstić information content (AvgIpc) is 3.04. The summed E-state index contributed by atoms with van der Waals surface area (Å²) < 4.78 is 0. The molecule has 1 N–H and O–H groups in total. The molecule has 5 heteroatoms. The molecule has 3 rings (SSSR count). The predicted octanol–water partition coefficient (Wildman–Crippen LogP) is 2.13. The van der Waals surface area contributed by atoms with Crippen LogP contribution in [0.3, 0.4) is 0 Å². The number of thiazole rings is 1. The van der Waals surface area contributed by atoms with Gasteiger partial charge in [-0.2, -0.15) is 0 Å². The maximum Gasteiger partial charge on any atom is 0.185 e. The Morgan fingerprint density at radius 2 is 2.10 bits per heavy atom. The lowest BCUT2D eigenvalue weighted by atomic mass is 10.1. The lowest BCUT2D eigenvalue weighted by Crippen LogP contribution is -2.34. The number of nitrogens with one attached hydrogen (secondary N) is 1. The molecule has 1 aromatic heterocycles. The Balaban J connectivity index is 1.79. The Morgan fingerprint density at radius 1 is 1.35 bits per heavy atom. The summed E-state index contributed by atoms with van der Waals surface area (Å²) in [6, 6.07) is 0.649. The van der Waals surface area contributed by atoms with E-state index in [0.29, 0.717) is 12.0 Å². The molecule has 2 unspecified atom stereocenters. The van der Waals surface area contributed by atoms with Gasteiger partial charge in [-0.15, -0.1) is 11.3 Å². The zero-order valence-corrected chi connectivity index (χ0v) is 13.8. The molecule has 1 saturated heterocycles. The SMILES string of the molecule is CNCc1sc(N2CC(C)C(N(C)C)C2)nc1C1CC1. The molecule has 0 bridgehead atoms. The van der Waals surface area contributed by atoms with Gasteiger partial charge in [0.1, 0.15) is 0 Å². The fourth-order valence-electron chi connectivity index (χ4n) is 3.23. The molecule has 1 aliphatic carbocycles. The summed E-state index contributed by atoms with van der Waals surface area (Å²) >= 11 is 1.90. The van der Waals surface area contributed by atoms with Gasteiger partial charge in [-0.1, -0.05) is 6.92 Å². The van der Waals surface area contributed by atoms with Gasteiger partial charge in [-0.25, -0.2) is 4.98 Å². The van der Waals surface area contributed by atoms with Crippen molar-refractivity contribution in [2.24, 2.45) is 5.92 Å². The number of hydrogen-bond acceptors (Lipinski definition) is 5. The normalized spacial score (nSPS) is 26.8. The van der Waals surface area contributed by atoms with Crippen LogP contribution in [0.25, 0.3) is 0 Å². The second-order valence-electron chi connectivity index (χ2n) is 6.52. The zero-order chi connectivity index (χ0) is 14.3. The number of nitrogens with zero attached hydrogens (tertiary/aromatic N) is 3. The number of hydrogen-bond donors (Lipinski definition) is 1. The van der Waals surface area contributed by atoms with Crippen molar-refractivity contribution >= 4 is 16.5 Å². The summed E-state index contributed by atoms with van der Waals surface area (Å²) in [4.78, 5) is 11.3. The summed E-state index contributed by atoms with van der Waals surface area (Å²) in [7, 11) is 6.40. The Hall–Kier alpha value is -0.650. The van der Waals surface area contributed by atoms with Gasteiger partial charge in [0.25, 0.3) is 0 Å². The molecule has 4 nitrogen and oxygen atoms in total. The van der Waals surface area contributed by atoms with Crippen LogP contribution < -0.4 is 10.2 Å². The topological polar surface area (TPSA) is 31.4 Å². The van der Waals surface area contributed by atoms with E-state index in [-0.39, 0.29) is 0 Å². The molecule has 0 spiro atoms. The standard InChI is InChI=1S/C15H26N4S/c1-10-8-19(9-12(10)18(3)4)15-17-14(11-5-6-11)13(20-15)7-16-2/h10-12,16H,5-9H2,1-4H3. The van der Waals surface area contributed by atoms with Gasteiger partial charge in [0.05, 0.1) is 5.69 Å². The Morgan fingerprint density at radius 3 is 2.65 bits per heavy atom. The van der Waals surface area contributed by atoms with Crippen LogP contribution in [0.1, 0.15) is 36.3 Å². The van der Waals surface area contributed by atoms with Gasteiger partial charge in [-0.3, -0.25) is 0 Å². The van der Waals surface area contributed by atoms with Crippen molar-refractivity contribution in [2.45, 2.75) is 38.3 Å². The van der Waals surface area contributed by atoms with Crippen LogP contribution in [0.15, 0.2) is 0 Å². The molecule has 2 aliphatic rings. The summed E-state index contributed by atoms with van der Waals surface area (Å²) in [6.07, 6.45) is 2.66. The number of likely N-dealkylation sites (N-methyl/N-ethyl adjacent to an activating group) is 1. The third-order valence-electron chi connectivity index (χ3n) is 4.52. The lowest BCUT2D eigenvalue weighted by molar-refractivity contribution is 0.266. The lowest BCUT2D eigenvalue weighted by Gasteiger charge is -2.22. The van der Waals surface area contributed by atoms with Crippen LogP contribution >= 0.6 is 11.3 Å². The molecule has 112 valence electrons. The van der Waals surface area contributed by atoms with E-state index in [4.69, 9.17) is 4.98 Å². The fourth-order valence-corrected chi connectivity index (χ4v) is 4.40. The number of aromatic nitrogens is 1. The Kier molecular flexibility index (Phi) is 4.02.